The van der Waals surface area contributed by atoms with Gasteiger partial charge >= 0.3 is 0 Å². The van der Waals surface area contributed by atoms with Gasteiger partial charge in [-0.2, -0.15) is 5.10 Å². The fraction of sp³-hybridized carbons (Fsp3) is 0.348. The molecule has 0 N–H and O–H groups in total. The highest BCUT2D eigenvalue weighted by molar-refractivity contribution is 5.67. The molecule has 1 saturated heterocycles. The molecule has 5 heterocycles. The van der Waals surface area contributed by atoms with E-state index < -0.39 is 0 Å². The van der Waals surface area contributed by atoms with Crippen molar-refractivity contribution in [1.29, 1.82) is 0 Å². The third kappa shape index (κ3) is 3.15. The number of aromatic nitrogens is 4. The number of aryl methyl sites for hydroxylation is 2. The number of likely N-dealkylation sites (N-methyl/N-ethyl adjacent to an activating group) is 1. The summed E-state index contributed by atoms with van der Waals surface area (Å²) in [6, 6.07) is 10.2. The molecular formula is C23H26N6O. The highest BCUT2D eigenvalue weighted by Gasteiger charge is 2.21. The molecule has 1 aliphatic heterocycles. The van der Waals surface area contributed by atoms with Gasteiger partial charge in [0, 0.05) is 44.1 Å². The van der Waals surface area contributed by atoms with Crippen molar-refractivity contribution in [1.82, 2.24) is 23.9 Å². The lowest BCUT2D eigenvalue weighted by molar-refractivity contribution is 0.234. The van der Waals surface area contributed by atoms with Crippen LogP contribution in [0.2, 0.25) is 0 Å². The fourth-order valence-corrected chi connectivity index (χ4v) is 4.25. The number of rotatable bonds is 2. The summed E-state index contributed by atoms with van der Waals surface area (Å²) in [6.45, 7) is 9.25. The van der Waals surface area contributed by atoms with Gasteiger partial charge < -0.3 is 9.80 Å². The molecule has 7 heteroatoms. The van der Waals surface area contributed by atoms with Crippen molar-refractivity contribution >= 4 is 16.9 Å². The number of fused-ring (bicyclic) bond motifs is 2. The third-order valence-corrected chi connectivity index (χ3v) is 6.14. The molecule has 30 heavy (non-hydrogen) atoms. The Kier molecular flexibility index (Phi) is 4.36. The van der Waals surface area contributed by atoms with E-state index in [0.29, 0.717) is 23.1 Å². The predicted molar refractivity (Wildman–Crippen MR) is 119 cm³/mol. The van der Waals surface area contributed by atoms with Crippen LogP contribution in [0.15, 0.2) is 47.5 Å². The van der Waals surface area contributed by atoms with Crippen LogP contribution in [0.4, 0.5) is 5.69 Å². The van der Waals surface area contributed by atoms with Gasteiger partial charge in [-0.15, -0.1) is 0 Å². The van der Waals surface area contributed by atoms with Gasteiger partial charge in [0.05, 0.1) is 16.9 Å². The molecular weight excluding hydrogens is 376 g/mol. The Morgan fingerprint density at radius 3 is 2.67 bits per heavy atom. The van der Waals surface area contributed by atoms with Crippen LogP contribution < -0.4 is 10.5 Å². The van der Waals surface area contributed by atoms with Crippen LogP contribution in [0.1, 0.15) is 18.1 Å². The molecule has 1 fully saturated rings. The Bertz CT molecular complexity index is 1320. The molecule has 0 aromatic carbocycles. The zero-order chi connectivity index (χ0) is 21.0. The van der Waals surface area contributed by atoms with E-state index in [2.05, 4.69) is 47.9 Å². The summed E-state index contributed by atoms with van der Waals surface area (Å²) in [5.74, 6) is 0. The minimum Gasteiger partial charge on any atom is -0.367 e. The van der Waals surface area contributed by atoms with E-state index in [1.807, 2.05) is 36.0 Å². The molecule has 4 aromatic rings. The molecule has 0 amide bonds. The van der Waals surface area contributed by atoms with Crippen molar-refractivity contribution in [2.75, 3.05) is 31.6 Å². The van der Waals surface area contributed by atoms with E-state index in [1.54, 1.807) is 10.5 Å². The number of piperazine rings is 1. The second-order valence-electron chi connectivity index (χ2n) is 8.43. The van der Waals surface area contributed by atoms with Crippen LogP contribution in [-0.4, -0.2) is 56.6 Å². The van der Waals surface area contributed by atoms with E-state index in [0.717, 1.165) is 42.0 Å². The molecule has 0 spiro atoms. The average Bonchev–Trinajstić information content (AvgIpc) is 3.14. The number of pyridine rings is 2. The maximum atomic E-state index is 12.9. The fourth-order valence-electron chi connectivity index (χ4n) is 4.25. The van der Waals surface area contributed by atoms with Crippen molar-refractivity contribution in [2.45, 2.75) is 26.8 Å². The molecule has 1 aliphatic rings. The first-order valence-corrected chi connectivity index (χ1v) is 10.3. The first kappa shape index (κ1) is 18.8. The number of anilines is 1. The smallest absolute Gasteiger partial charge is 0.258 e. The minimum atomic E-state index is -0.0935. The Hall–Kier alpha value is -3.19. The predicted octanol–water partition coefficient (Wildman–Crippen LogP) is 2.77. The number of hydrogen-bond acceptors (Lipinski definition) is 5. The van der Waals surface area contributed by atoms with Gasteiger partial charge in [0.2, 0.25) is 0 Å². The second kappa shape index (κ2) is 6.95. The largest absolute Gasteiger partial charge is 0.367 e. The lowest BCUT2D eigenvalue weighted by Gasteiger charge is -2.39. The van der Waals surface area contributed by atoms with Crippen LogP contribution >= 0.6 is 0 Å². The average molecular weight is 403 g/mol. The quantitative estimate of drug-likeness (QED) is 0.516. The van der Waals surface area contributed by atoms with Crippen molar-refractivity contribution < 1.29 is 0 Å². The molecule has 4 aromatic heterocycles. The van der Waals surface area contributed by atoms with Crippen molar-refractivity contribution in [3.8, 4) is 11.4 Å². The lowest BCUT2D eigenvalue weighted by atomic mass is 10.2. The molecule has 0 radical (unpaired) electrons. The maximum absolute atomic E-state index is 12.9. The van der Waals surface area contributed by atoms with Gasteiger partial charge in [0.1, 0.15) is 11.3 Å². The zero-order valence-corrected chi connectivity index (χ0v) is 17.8. The van der Waals surface area contributed by atoms with Crippen molar-refractivity contribution in [2.24, 2.45) is 0 Å². The second-order valence-corrected chi connectivity index (χ2v) is 8.43. The van der Waals surface area contributed by atoms with E-state index >= 15 is 0 Å². The molecule has 7 nitrogen and oxygen atoms in total. The van der Waals surface area contributed by atoms with Gasteiger partial charge in [0.25, 0.3) is 5.56 Å². The Morgan fingerprint density at radius 1 is 1.03 bits per heavy atom. The van der Waals surface area contributed by atoms with E-state index in [9.17, 15) is 4.79 Å². The Balaban J connectivity index is 1.55. The Labute approximate surface area is 175 Å². The normalized spacial score (nSPS) is 17.9. The standard InChI is InChI=1S/C23H26N6O/c1-15-9-16(2)21-10-20(25-29(21)12-15)19-11-23(30)28-14-18(5-6-22(28)24-19)27-8-7-26(4)17(3)13-27/h5-6,9-12,14,17H,7-8,13H2,1-4H3/t17-/m0/s1. The molecule has 0 unspecified atom stereocenters. The first-order chi connectivity index (χ1) is 14.4. The highest BCUT2D eigenvalue weighted by atomic mass is 16.1. The zero-order valence-electron chi connectivity index (χ0n) is 17.8. The number of hydrogen-bond donors (Lipinski definition) is 0. The summed E-state index contributed by atoms with van der Waals surface area (Å²) in [5.41, 5.74) is 6.22. The van der Waals surface area contributed by atoms with E-state index in [4.69, 9.17) is 4.98 Å². The summed E-state index contributed by atoms with van der Waals surface area (Å²) < 4.78 is 3.49. The highest BCUT2D eigenvalue weighted by Crippen LogP contribution is 2.22. The summed E-state index contributed by atoms with van der Waals surface area (Å²) in [7, 11) is 2.15. The molecule has 0 aliphatic carbocycles. The number of nitrogens with zero attached hydrogens (tertiary/aromatic N) is 6. The lowest BCUT2D eigenvalue weighted by Crippen LogP contribution is -2.50. The van der Waals surface area contributed by atoms with Crippen molar-refractivity contribution in [3.05, 3.63) is 64.2 Å². The first-order valence-electron chi connectivity index (χ1n) is 10.3. The van der Waals surface area contributed by atoms with Gasteiger partial charge in [-0.1, -0.05) is 6.07 Å². The minimum absolute atomic E-state index is 0.0935. The summed E-state index contributed by atoms with van der Waals surface area (Å²) in [4.78, 5) is 22.3. The summed E-state index contributed by atoms with van der Waals surface area (Å²) in [5, 5.41) is 4.65. The van der Waals surface area contributed by atoms with Gasteiger partial charge in [-0.3, -0.25) is 9.20 Å². The van der Waals surface area contributed by atoms with Crippen LogP contribution in [0.5, 0.6) is 0 Å². The summed E-state index contributed by atoms with van der Waals surface area (Å²) >= 11 is 0. The van der Waals surface area contributed by atoms with Crippen LogP contribution in [0.25, 0.3) is 22.6 Å². The summed E-state index contributed by atoms with van der Waals surface area (Å²) in [6.07, 6.45) is 3.90. The van der Waals surface area contributed by atoms with E-state index in [-0.39, 0.29) is 5.56 Å². The molecule has 0 saturated carbocycles. The SMILES string of the molecule is Cc1cc(C)c2cc(-c3cc(=O)n4cc(N5CCN(C)[C@@H](C)C5)ccc4n3)nn2c1. The third-order valence-electron chi connectivity index (χ3n) is 6.14. The van der Waals surface area contributed by atoms with E-state index in [1.165, 1.54) is 0 Å². The molecule has 154 valence electrons. The monoisotopic (exact) mass is 402 g/mol. The van der Waals surface area contributed by atoms with Crippen LogP contribution in [-0.2, 0) is 0 Å². The molecule has 1 atom stereocenters. The topological polar surface area (TPSA) is 58.2 Å². The molecule has 0 bridgehead atoms. The van der Waals surface area contributed by atoms with Crippen LogP contribution in [0, 0.1) is 13.8 Å². The van der Waals surface area contributed by atoms with Crippen LogP contribution in [0.3, 0.4) is 0 Å². The van der Waals surface area contributed by atoms with Gasteiger partial charge in [0.15, 0.2) is 0 Å². The Morgan fingerprint density at radius 2 is 1.87 bits per heavy atom. The maximum Gasteiger partial charge on any atom is 0.258 e. The van der Waals surface area contributed by atoms with Gasteiger partial charge in [-0.25, -0.2) is 9.50 Å². The van der Waals surface area contributed by atoms with Crippen molar-refractivity contribution in [3.63, 3.8) is 0 Å². The van der Waals surface area contributed by atoms with Gasteiger partial charge in [-0.05, 0) is 57.1 Å². The molecule has 5 rings (SSSR count).